The van der Waals surface area contributed by atoms with Crippen LogP contribution in [0.4, 0.5) is 20.6 Å². The first-order valence-electron chi connectivity index (χ1n) is 8.75. The number of hydrogen-bond acceptors (Lipinski definition) is 3. The molecular formula is C20H19ClFN3O3. The number of hydrogen-bond donors (Lipinski definition) is 2. The SMILES string of the molecule is CC(C)c1ccc(NC(=O)C2CNC(=O)N(c3ccc(F)c(Cl)c3)C2=O)cc1. The van der Waals surface area contributed by atoms with Crippen molar-refractivity contribution in [2.24, 2.45) is 5.92 Å². The highest BCUT2D eigenvalue weighted by Gasteiger charge is 2.39. The van der Waals surface area contributed by atoms with Gasteiger partial charge in [-0.2, -0.15) is 0 Å². The molecule has 8 heteroatoms. The van der Waals surface area contributed by atoms with Gasteiger partial charge < -0.3 is 10.6 Å². The molecule has 1 saturated heterocycles. The lowest BCUT2D eigenvalue weighted by molar-refractivity contribution is -0.130. The third-order valence-electron chi connectivity index (χ3n) is 4.50. The first-order valence-corrected chi connectivity index (χ1v) is 9.13. The largest absolute Gasteiger partial charge is 0.336 e. The summed E-state index contributed by atoms with van der Waals surface area (Å²) in [6.07, 6.45) is 0. The molecule has 1 heterocycles. The van der Waals surface area contributed by atoms with Gasteiger partial charge in [0.15, 0.2) is 0 Å². The van der Waals surface area contributed by atoms with E-state index in [-0.39, 0.29) is 17.3 Å². The number of benzene rings is 2. The van der Waals surface area contributed by atoms with Crippen molar-refractivity contribution in [2.45, 2.75) is 19.8 Å². The highest BCUT2D eigenvalue weighted by Crippen LogP contribution is 2.26. The molecule has 2 aromatic rings. The standard InChI is InChI=1S/C20H19ClFN3O3/c1-11(2)12-3-5-13(6-4-12)24-18(26)15-10-23-20(28)25(19(15)27)14-7-8-17(22)16(21)9-14/h3-9,11,15H,10H2,1-2H3,(H,23,28)(H,24,26). The minimum atomic E-state index is -1.12. The van der Waals surface area contributed by atoms with Crippen LogP contribution in [0.5, 0.6) is 0 Å². The molecule has 0 aromatic heterocycles. The Morgan fingerprint density at radius 2 is 1.89 bits per heavy atom. The van der Waals surface area contributed by atoms with Crippen LogP contribution in [0.25, 0.3) is 0 Å². The number of imide groups is 1. The summed E-state index contributed by atoms with van der Waals surface area (Å²) >= 11 is 5.75. The van der Waals surface area contributed by atoms with Gasteiger partial charge in [-0.3, -0.25) is 9.59 Å². The van der Waals surface area contributed by atoms with E-state index >= 15 is 0 Å². The van der Waals surface area contributed by atoms with Crippen molar-refractivity contribution in [1.82, 2.24) is 5.32 Å². The molecule has 1 aliphatic rings. The van der Waals surface area contributed by atoms with Gasteiger partial charge in [-0.05, 0) is 41.8 Å². The zero-order valence-electron chi connectivity index (χ0n) is 15.3. The summed E-state index contributed by atoms with van der Waals surface area (Å²) in [5.74, 6) is -2.68. The number of rotatable bonds is 4. The second kappa shape index (κ2) is 7.98. The zero-order valence-corrected chi connectivity index (χ0v) is 16.1. The molecule has 6 nitrogen and oxygen atoms in total. The van der Waals surface area contributed by atoms with Gasteiger partial charge >= 0.3 is 6.03 Å². The Morgan fingerprint density at radius 3 is 2.50 bits per heavy atom. The van der Waals surface area contributed by atoms with Gasteiger partial charge in [-0.1, -0.05) is 37.6 Å². The minimum absolute atomic E-state index is 0.0905. The number of carbonyl (C=O) groups is 3. The minimum Gasteiger partial charge on any atom is -0.336 e. The Bertz CT molecular complexity index is 931. The molecule has 0 spiro atoms. The lowest BCUT2D eigenvalue weighted by Crippen LogP contribution is -2.58. The third-order valence-corrected chi connectivity index (χ3v) is 4.79. The predicted octanol–water partition coefficient (Wildman–Crippen LogP) is 3.91. The second-order valence-corrected chi connectivity index (χ2v) is 7.18. The van der Waals surface area contributed by atoms with Crippen molar-refractivity contribution in [3.63, 3.8) is 0 Å². The van der Waals surface area contributed by atoms with Crippen molar-refractivity contribution < 1.29 is 18.8 Å². The van der Waals surface area contributed by atoms with Crippen LogP contribution in [0.1, 0.15) is 25.3 Å². The molecule has 3 rings (SSSR count). The highest BCUT2D eigenvalue weighted by atomic mass is 35.5. The Morgan fingerprint density at radius 1 is 1.21 bits per heavy atom. The molecule has 2 N–H and O–H groups in total. The second-order valence-electron chi connectivity index (χ2n) is 6.78. The quantitative estimate of drug-likeness (QED) is 0.759. The van der Waals surface area contributed by atoms with Gasteiger partial charge in [0.2, 0.25) is 11.8 Å². The molecule has 146 valence electrons. The maximum atomic E-state index is 13.4. The monoisotopic (exact) mass is 403 g/mol. The van der Waals surface area contributed by atoms with E-state index in [0.717, 1.165) is 16.5 Å². The molecule has 4 amide bonds. The van der Waals surface area contributed by atoms with Crippen LogP contribution in [-0.4, -0.2) is 24.4 Å². The van der Waals surface area contributed by atoms with Crippen LogP contribution >= 0.6 is 11.6 Å². The number of carbonyl (C=O) groups excluding carboxylic acids is 3. The van der Waals surface area contributed by atoms with Gasteiger partial charge in [0.25, 0.3) is 0 Å². The summed E-state index contributed by atoms with van der Waals surface area (Å²) in [5, 5.41) is 4.97. The van der Waals surface area contributed by atoms with E-state index in [1.807, 2.05) is 12.1 Å². The fraction of sp³-hybridized carbons (Fsp3) is 0.250. The van der Waals surface area contributed by atoms with E-state index in [2.05, 4.69) is 24.5 Å². The summed E-state index contributed by atoms with van der Waals surface area (Å²) in [6.45, 7) is 4.00. The molecule has 2 aromatic carbocycles. The molecular weight excluding hydrogens is 385 g/mol. The average Bonchev–Trinajstić information content (AvgIpc) is 2.65. The van der Waals surface area contributed by atoms with Crippen molar-refractivity contribution in [3.05, 3.63) is 58.9 Å². The van der Waals surface area contributed by atoms with Crippen LogP contribution in [0.15, 0.2) is 42.5 Å². The lowest BCUT2D eigenvalue weighted by Gasteiger charge is -2.30. The van der Waals surface area contributed by atoms with E-state index in [9.17, 15) is 18.8 Å². The van der Waals surface area contributed by atoms with Gasteiger partial charge in [-0.15, -0.1) is 0 Å². The van der Waals surface area contributed by atoms with Crippen LogP contribution in [0.3, 0.4) is 0 Å². The Hall–Kier alpha value is -2.93. The maximum absolute atomic E-state index is 13.4. The maximum Gasteiger partial charge on any atom is 0.328 e. The van der Waals surface area contributed by atoms with Gasteiger partial charge in [0.05, 0.1) is 10.7 Å². The Balaban J connectivity index is 1.78. The summed E-state index contributed by atoms with van der Waals surface area (Å²) in [7, 11) is 0. The van der Waals surface area contributed by atoms with Crippen LogP contribution in [0.2, 0.25) is 5.02 Å². The lowest BCUT2D eigenvalue weighted by atomic mass is 10.0. The number of anilines is 2. The van der Waals surface area contributed by atoms with Crippen molar-refractivity contribution in [2.75, 3.05) is 16.8 Å². The number of nitrogens with zero attached hydrogens (tertiary/aromatic N) is 1. The molecule has 1 atom stereocenters. The predicted molar refractivity (Wildman–Crippen MR) is 105 cm³/mol. The fourth-order valence-electron chi connectivity index (χ4n) is 2.87. The number of halogens is 2. The molecule has 1 aliphatic heterocycles. The molecule has 0 radical (unpaired) electrons. The fourth-order valence-corrected chi connectivity index (χ4v) is 3.04. The van der Waals surface area contributed by atoms with E-state index in [1.165, 1.54) is 12.1 Å². The first-order chi connectivity index (χ1) is 13.3. The number of urea groups is 1. The highest BCUT2D eigenvalue weighted by molar-refractivity contribution is 6.31. The third kappa shape index (κ3) is 3.99. The summed E-state index contributed by atoms with van der Waals surface area (Å²) in [4.78, 5) is 38.3. The topological polar surface area (TPSA) is 78.5 Å². The molecule has 1 unspecified atom stereocenters. The molecule has 0 saturated carbocycles. The van der Waals surface area contributed by atoms with Gasteiger partial charge in [0.1, 0.15) is 11.7 Å². The van der Waals surface area contributed by atoms with Crippen LogP contribution < -0.4 is 15.5 Å². The first kappa shape index (κ1) is 19.8. The van der Waals surface area contributed by atoms with E-state index in [4.69, 9.17) is 11.6 Å². The van der Waals surface area contributed by atoms with Crippen LogP contribution in [-0.2, 0) is 9.59 Å². The Kier molecular flexibility index (Phi) is 5.65. The summed E-state index contributed by atoms with van der Waals surface area (Å²) in [5.41, 5.74) is 1.77. The van der Waals surface area contributed by atoms with Crippen molar-refractivity contribution in [1.29, 1.82) is 0 Å². The summed E-state index contributed by atoms with van der Waals surface area (Å²) < 4.78 is 13.4. The van der Waals surface area contributed by atoms with Crippen molar-refractivity contribution >= 4 is 40.8 Å². The smallest absolute Gasteiger partial charge is 0.328 e. The van der Waals surface area contributed by atoms with Crippen molar-refractivity contribution in [3.8, 4) is 0 Å². The Labute approximate surface area is 166 Å². The number of nitrogens with one attached hydrogen (secondary N) is 2. The zero-order chi connectivity index (χ0) is 20.4. The van der Waals surface area contributed by atoms with Crippen LogP contribution in [0, 0.1) is 11.7 Å². The van der Waals surface area contributed by atoms with E-state index in [1.54, 1.807) is 12.1 Å². The molecule has 28 heavy (non-hydrogen) atoms. The van der Waals surface area contributed by atoms with Gasteiger partial charge in [-0.25, -0.2) is 14.1 Å². The average molecular weight is 404 g/mol. The molecule has 0 bridgehead atoms. The van der Waals surface area contributed by atoms with E-state index in [0.29, 0.717) is 11.6 Å². The normalized spacial score (nSPS) is 16.9. The molecule has 1 fully saturated rings. The molecule has 0 aliphatic carbocycles. The van der Waals surface area contributed by atoms with Gasteiger partial charge in [0, 0.05) is 12.2 Å². The summed E-state index contributed by atoms with van der Waals surface area (Å²) in [6, 6.07) is 10.1. The van der Waals surface area contributed by atoms with E-state index < -0.39 is 29.6 Å². The number of amides is 4.